The van der Waals surface area contributed by atoms with Gasteiger partial charge in [-0.05, 0) is 28.1 Å². The van der Waals surface area contributed by atoms with Crippen LogP contribution in [0, 0.1) is 0 Å². The van der Waals surface area contributed by atoms with Gasteiger partial charge in [0.15, 0.2) is 5.65 Å². The Hall–Kier alpha value is -1.43. The first-order valence-corrected chi connectivity index (χ1v) is 4.20. The van der Waals surface area contributed by atoms with Crippen molar-refractivity contribution in [1.82, 2.24) is 14.5 Å². The number of carboxylic acid groups (broad SMARTS) is 1. The summed E-state index contributed by atoms with van der Waals surface area (Å²) >= 11 is 3.16. The molecule has 2 aromatic heterocycles. The minimum atomic E-state index is -1.09. The Bertz CT molecular complexity index is 480. The Morgan fingerprint density at radius 2 is 2.31 bits per heavy atom. The van der Waals surface area contributed by atoms with E-state index in [1.165, 1.54) is 6.33 Å². The molecule has 5 nitrogen and oxygen atoms in total. The minimum absolute atomic E-state index is 0.335. The van der Waals surface area contributed by atoms with E-state index in [0.717, 1.165) is 4.57 Å². The van der Waals surface area contributed by atoms with E-state index in [1.54, 1.807) is 12.1 Å². The molecule has 0 unspecified atom stereocenters. The number of halogens is 1. The van der Waals surface area contributed by atoms with Crippen molar-refractivity contribution in [3.8, 4) is 0 Å². The predicted octanol–water partition coefficient (Wildman–Crippen LogP) is 1.72. The molecule has 1 N–H and O–H groups in total. The highest BCUT2D eigenvalue weighted by Gasteiger charge is 2.08. The summed E-state index contributed by atoms with van der Waals surface area (Å²) in [6, 6.07) is 3.41. The van der Waals surface area contributed by atoms with Crippen molar-refractivity contribution >= 4 is 33.2 Å². The van der Waals surface area contributed by atoms with Crippen molar-refractivity contribution in [2.75, 3.05) is 0 Å². The van der Waals surface area contributed by atoms with Gasteiger partial charge in [-0.3, -0.25) is 0 Å². The summed E-state index contributed by atoms with van der Waals surface area (Å²) < 4.78 is 1.56. The zero-order valence-corrected chi connectivity index (χ0v) is 7.89. The fourth-order valence-corrected chi connectivity index (χ4v) is 1.31. The highest BCUT2D eigenvalue weighted by molar-refractivity contribution is 9.10. The van der Waals surface area contributed by atoms with Crippen LogP contribution in [0.2, 0.25) is 0 Å². The molecular weight excluding hydrogens is 238 g/mol. The number of hydrogen-bond donors (Lipinski definition) is 1. The van der Waals surface area contributed by atoms with Crippen LogP contribution in [-0.4, -0.2) is 25.7 Å². The van der Waals surface area contributed by atoms with E-state index in [0.29, 0.717) is 15.8 Å². The van der Waals surface area contributed by atoms with Crippen LogP contribution in [0.4, 0.5) is 4.79 Å². The van der Waals surface area contributed by atoms with Crippen molar-refractivity contribution in [1.29, 1.82) is 0 Å². The van der Waals surface area contributed by atoms with Crippen LogP contribution in [0.3, 0.4) is 0 Å². The molecule has 2 rings (SSSR count). The Labute approximate surface area is 81.2 Å². The van der Waals surface area contributed by atoms with E-state index >= 15 is 0 Å². The van der Waals surface area contributed by atoms with Gasteiger partial charge in [0.2, 0.25) is 0 Å². The summed E-state index contributed by atoms with van der Waals surface area (Å²) in [5.74, 6) is 0. The van der Waals surface area contributed by atoms with Gasteiger partial charge < -0.3 is 5.11 Å². The molecule has 0 saturated carbocycles. The van der Waals surface area contributed by atoms with Crippen LogP contribution < -0.4 is 0 Å². The average Bonchev–Trinajstić information content (AvgIpc) is 2.46. The lowest BCUT2D eigenvalue weighted by Gasteiger charge is -1.94. The molecule has 66 valence electrons. The van der Waals surface area contributed by atoms with Crippen molar-refractivity contribution in [3.05, 3.63) is 23.1 Å². The molecular formula is C7H4BrN3O2. The van der Waals surface area contributed by atoms with Crippen molar-refractivity contribution in [2.45, 2.75) is 0 Å². The van der Waals surface area contributed by atoms with E-state index in [-0.39, 0.29) is 0 Å². The zero-order chi connectivity index (χ0) is 9.42. The van der Waals surface area contributed by atoms with Crippen molar-refractivity contribution in [3.63, 3.8) is 0 Å². The van der Waals surface area contributed by atoms with Crippen LogP contribution >= 0.6 is 15.9 Å². The lowest BCUT2D eigenvalue weighted by molar-refractivity contribution is 0.197. The summed E-state index contributed by atoms with van der Waals surface area (Å²) in [5, 5.41) is 8.73. The van der Waals surface area contributed by atoms with E-state index in [1.807, 2.05) is 0 Å². The third-order valence-corrected chi connectivity index (χ3v) is 2.01. The summed E-state index contributed by atoms with van der Waals surface area (Å²) in [4.78, 5) is 18.5. The van der Waals surface area contributed by atoms with Crippen molar-refractivity contribution in [2.24, 2.45) is 0 Å². The molecule has 0 saturated heterocycles. The maximum absolute atomic E-state index is 10.7. The number of carbonyl (C=O) groups is 1. The number of imidazole rings is 1. The average molecular weight is 242 g/mol. The molecule has 2 heterocycles. The van der Waals surface area contributed by atoms with Crippen LogP contribution in [0.25, 0.3) is 11.2 Å². The summed E-state index contributed by atoms with van der Waals surface area (Å²) in [6.45, 7) is 0. The second-order valence-corrected chi connectivity index (χ2v) is 3.19. The number of fused-ring (bicyclic) bond motifs is 1. The minimum Gasteiger partial charge on any atom is -0.464 e. The second kappa shape index (κ2) is 2.81. The smallest absolute Gasteiger partial charge is 0.418 e. The van der Waals surface area contributed by atoms with Gasteiger partial charge in [-0.15, -0.1) is 0 Å². The number of rotatable bonds is 0. The Kier molecular flexibility index (Phi) is 1.77. The molecule has 0 aliphatic rings. The maximum atomic E-state index is 10.7. The molecule has 0 radical (unpaired) electrons. The largest absolute Gasteiger partial charge is 0.464 e. The molecule has 0 bridgehead atoms. The Morgan fingerprint density at radius 3 is 3.00 bits per heavy atom. The quantitative estimate of drug-likeness (QED) is 0.714. The molecule has 2 aromatic rings. The van der Waals surface area contributed by atoms with Gasteiger partial charge in [0.25, 0.3) is 0 Å². The van der Waals surface area contributed by atoms with Gasteiger partial charge in [0.1, 0.15) is 16.4 Å². The molecule has 13 heavy (non-hydrogen) atoms. The van der Waals surface area contributed by atoms with Crippen LogP contribution in [0.5, 0.6) is 0 Å². The first kappa shape index (κ1) is 8.18. The summed E-state index contributed by atoms with van der Waals surface area (Å²) in [5.41, 5.74) is 0.896. The van der Waals surface area contributed by atoms with E-state index in [4.69, 9.17) is 5.11 Å². The molecule has 0 aliphatic carbocycles. The molecule has 0 spiro atoms. The van der Waals surface area contributed by atoms with Gasteiger partial charge in [0, 0.05) is 0 Å². The van der Waals surface area contributed by atoms with Crippen LogP contribution in [0.1, 0.15) is 0 Å². The molecule has 0 amide bonds. The fourth-order valence-electron chi connectivity index (χ4n) is 1.01. The van der Waals surface area contributed by atoms with Gasteiger partial charge in [-0.2, -0.15) is 0 Å². The summed E-state index contributed by atoms with van der Waals surface area (Å²) in [7, 11) is 0. The predicted molar refractivity (Wildman–Crippen MR) is 48.7 cm³/mol. The second-order valence-electron chi connectivity index (χ2n) is 2.37. The highest BCUT2D eigenvalue weighted by Crippen LogP contribution is 2.13. The SMILES string of the molecule is O=C(O)n1cnc2ccc(Br)nc21. The van der Waals surface area contributed by atoms with Crippen LogP contribution in [0.15, 0.2) is 23.1 Å². The van der Waals surface area contributed by atoms with Gasteiger partial charge in [-0.25, -0.2) is 19.3 Å². The third kappa shape index (κ3) is 1.29. The van der Waals surface area contributed by atoms with Crippen LogP contribution in [-0.2, 0) is 0 Å². The van der Waals surface area contributed by atoms with E-state index < -0.39 is 6.09 Å². The van der Waals surface area contributed by atoms with Crippen molar-refractivity contribution < 1.29 is 9.90 Å². The molecule has 0 fully saturated rings. The highest BCUT2D eigenvalue weighted by atomic mass is 79.9. The Balaban J connectivity index is 2.79. The number of aromatic nitrogens is 3. The normalized spacial score (nSPS) is 10.5. The van der Waals surface area contributed by atoms with E-state index in [9.17, 15) is 4.79 Å². The fraction of sp³-hybridized carbons (Fsp3) is 0. The van der Waals surface area contributed by atoms with Gasteiger partial charge in [-0.1, -0.05) is 0 Å². The standard InChI is InChI=1S/C7H4BrN3O2/c8-5-2-1-4-6(10-5)11(3-9-4)7(12)13/h1-3H,(H,12,13). The number of pyridine rings is 1. The molecule has 6 heteroatoms. The van der Waals surface area contributed by atoms with Gasteiger partial charge >= 0.3 is 6.09 Å². The Morgan fingerprint density at radius 1 is 1.54 bits per heavy atom. The summed E-state index contributed by atoms with van der Waals surface area (Å²) in [6.07, 6.45) is 0.139. The lowest BCUT2D eigenvalue weighted by Crippen LogP contribution is -2.06. The van der Waals surface area contributed by atoms with E-state index in [2.05, 4.69) is 25.9 Å². The van der Waals surface area contributed by atoms with Gasteiger partial charge in [0.05, 0.1) is 0 Å². The monoisotopic (exact) mass is 241 g/mol. The molecule has 0 aromatic carbocycles. The first-order valence-electron chi connectivity index (χ1n) is 3.41. The maximum Gasteiger partial charge on any atom is 0.418 e. The zero-order valence-electron chi connectivity index (χ0n) is 6.31. The molecule has 0 aliphatic heterocycles. The lowest BCUT2D eigenvalue weighted by atomic mass is 10.4. The number of hydrogen-bond acceptors (Lipinski definition) is 3. The first-order chi connectivity index (χ1) is 6.18. The third-order valence-electron chi connectivity index (χ3n) is 1.57. The topological polar surface area (TPSA) is 68.0 Å². The number of nitrogens with zero attached hydrogens (tertiary/aromatic N) is 3. The molecule has 0 atom stereocenters.